The molecule has 8 aromatic carbocycles. The molecule has 0 saturated carbocycles. The van der Waals surface area contributed by atoms with E-state index in [1.54, 1.807) is 6.07 Å². The first-order chi connectivity index (χ1) is 24.2. The van der Waals surface area contributed by atoms with Gasteiger partial charge in [0.25, 0.3) is 0 Å². The van der Waals surface area contributed by atoms with Gasteiger partial charge in [-0.3, -0.25) is 0 Å². The molecule has 0 unspecified atom stereocenters. The van der Waals surface area contributed by atoms with Crippen molar-refractivity contribution in [2.24, 2.45) is 0 Å². The molecule has 0 spiro atoms. The lowest BCUT2D eigenvalue weighted by Crippen LogP contribution is -2.11. The van der Waals surface area contributed by atoms with Gasteiger partial charge in [-0.05, 0) is 87.6 Å². The van der Waals surface area contributed by atoms with Crippen molar-refractivity contribution in [2.75, 3.05) is 4.90 Å². The molecule has 2 nitrogen and oxygen atoms in total. The van der Waals surface area contributed by atoms with E-state index in [1.807, 2.05) is 35.6 Å². The van der Waals surface area contributed by atoms with Crippen LogP contribution >= 0.6 is 11.3 Å². The first-order valence-corrected chi connectivity index (χ1v) is 17.3. The lowest BCUT2D eigenvalue weighted by Gasteiger charge is -2.28. The van der Waals surface area contributed by atoms with Crippen LogP contribution in [0, 0.1) is 0 Å². The van der Waals surface area contributed by atoms with Gasteiger partial charge in [-0.25, -0.2) is 0 Å². The minimum atomic E-state index is 0.256. The van der Waals surface area contributed by atoms with Gasteiger partial charge in [-0.1, -0.05) is 127 Å². The highest BCUT2D eigenvalue weighted by atomic mass is 32.1. The highest BCUT2D eigenvalue weighted by Crippen LogP contribution is 2.45. The van der Waals surface area contributed by atoms with Crippen LogP contribution in [0.2, 0.25) is 0 Å². The number of hydrogen-bond donors (Lipinski definition) is 1. The van der Waals surface area contributed by atoms with E-state index in [9.17, 15) is 5.11 Å². The molecule has 0 aliphatic rings. The van der Waals surface area contributed by atoms with Crippen LogP contribution in [0.5, 0.6) is 5.75 Å². The predicted octanol–water partition coefficient (Wildman–Crippen LogP) is 13.4. The van der Waals surface area contributed by atoms with Gasteiger partial charge in [-0.2, -0.15) is 0 Å². The van der Waals surface area contributed by atoms with Crippen molar-refractivity contribution in [1.82, 2.24) is 0 Å². The molecule has 0 radical (unpaired) electrons. The average molecular weight is 646 g/mol. The van der Waals surface area contributed by atoms with E-state index >= 15 is 0 Å². The van der Waals surface area contributed by atoms with Gasteiger partial charge in [0, 0.05) is 42.7 Å². The molecule has 9 rings (SSSR count). The van der Waals surface area contributed by atoms with Gasteiger partial charge < -0.3 is 10.0 Å². The molecule has 1 heterocycles. The fraction of sp³-hybridized carbons (Fsp3) is 0. The topological polar surface area (TPSA) is 23.5 Å². The van der Waals surface area contributed by atoms with Gasteiger partial charge in [0.05, 0.1) is 5.69 Å². The number of aromatic hydroxyl groups is 1. The van der Waals surface area contributed by atoms with Gasteiger partial charge in [-0.15, -0.1) is 11.3 Å². The highest BCUT2D eigenvalue weighted by Gasteiger charge is 2.20. The van der Waals surface area contributed by atoms with E-state index in [1.165, 1.54) is 42.1 Å². The molecule has 0 saturated heterocycles. The third kappa shape index (κ3) is 5.22. The van der Waals surface area contributed by atoms with E-state index in [0.29, 0.717) is 0 Å². The van der Waals surface area contributed by atoms with Crippen molar-refractivity contribution in [2.45, 2.75) is 0 Å². The van der Waals surface area contributed by atoms with Crippen LogP contribution in [0.4, 0.5) is 17.1 Å². The first kappa shape index (κ1) is 29.0. The Morgan fingerprint density at radius 2 is 1.08 bits per heavy atom. The quantitative estimate of drug-likeness (QED) is 0.194. The summed E-state index contributed by atoms with van der Waals surface area (Å²) in [6.45, 7) is 0. The summed E-state index contributed by atoms with van der Waals surface area (Å²) in [5.74, 6) is 0.256. The Kier molecular flexibility index (Phi) is 7.18. The average Bonchev–Trinajstić information content (AvgIpc) is 3.55. The molecule has 0 aliphatic heterocycles. The van der Waals surface area contributed by atoms with Crippen LogP contribution in [0.1, 0.15) is 0 Å². The molecular formula is C46H31NOS. The second kappa shape index (κ2) is 12.1. The van der Waals surface area contributed by atoms with Gasteiger partial charge >= 0.3 is 0 Å². The van der Waals surface area contributed by atoms with Crippen LogP contribution in [-0.2, 0) is 0 Å². The predicted molar refractivity (Wildman–Crippen MR) is 209 cm³/mol. The lowest BCUT2D eigenvalue weighted by atomic mass is 9.97. The molecule has 232 valence electrons. The largest absolute Gasteiger partial charge is 0.507 e. The zero-order valence-corrected chi connectivity index (χ0v) is 27.4. The van der Waals surface area contributed by atoms with E-state index in [-0.39, 0.29) is 5.75 Å². The van der Waals surface area contributed by atoms with E-state index in [2.05, 4.69) is 157 Å². The molecular weight excluding hydrogens is 615 g/mol. The number of phenolic OH excluding ortho intramolecular Hbond substituents is 1. The normalized spacial score (nSPS) is 11.3. The Hall–Kier alpha value is -6.16. The third-order valence-electron chi connectivity index (χ3n) is 9.37. The molecule has 49 heavy (non-hydrogen) atoms. The lowest BCUT2D eigenvalue weighted by molar-refractivity contribution is 0.477. The molecule has 1 aromatic heterocycles. The number of fused-ring (bicyclic) bond motifs is 4. The smallest absolute Gasteiger partial charge is 0.123 e. The van der Waals surface area contributed by atoms with E-state index < -0.39 is 0 Å². The molecule has 9 aromatic rings. The van der Waals surface area contributed by atoms with Crippen molar-refractivity contribution < 1.29 is 5.11 Å². The molecule has 0 aliphatic carbocycles. The van der Waals surface area contributed by atoms with Crippen LogP contribution in [-0.4, -0.2) is 5.11 Å². The summed E-state index contributed by atoms with van der Waals surface area (Å²) in [4.78, 5) is 2.31. The van der Waals surface area contributed by atoms with Crippen LogP contribution < -0.4 is 4.90 Å². The Morgan fingerprint density at radius 3 is 1.96 bits per heavy atom. The molecule has 0 atom stereocenters. The standard InChI is InChI=1S/C46H31NOS/c48-43-20-7-4-16-40(43)39-15-3-6-19-42(39)47(36-27-25-32(26-28-36)34-24-23-31-11-1-2-12-33(31)29-34)37-14-9-13-35(30-37)38-18-10-22-45-46(38)41-17-5-8-21-44(41)49-45/h1-30,48H. The summed E-state index contributed by atoms with van der Waals surface area (Å²) in [5.41, 5.74) is 9.52. The maximum Gasteiger partial charge on any atom is 0.123 e. The number of nitrogens with zero attached hydrogens (tertiary/aromatic N) is 1. The number of anilines is 3. The minimum absolute atomic E-state index is 0.256. The number of thiophene rings is 1. The molecule has 0 amide bonds. The summed E-state index contributed by atoms with van der Waals surface area (Å²) >= 11 is 1.84. The number of rotatable bonds is 6. The number of para-hydroxylation sites is 2. The van der Waals surface area contributed by atoms with Gasteiger partial charge in [0.1, 0.15) is 5.75 Å². The highest BCUT2D eigenvalue weighted by molar-refractivity contribution is 7.25. The summed E-state index contributed by atoms with van der Waals surface area (Å²) in [6, 6.07) is 64.0. The first-order valence-electron chi connectivity index (χ1n) is 16.5. The summed E-state index contributed by atoms with van der Waals surface area (Å²) in [7, 11) is 0. The van der Waals surface area contributed by atoms with Crippen molar-refractivity contribution in [3.8, 4) is 39.1 Å². The van der Waals surface area contributed by atoms with Gasteiger partial charge in [0.2, 0.25) is 0 Å². The Morgan fingerprint density at radius 1 is 0.408 bits per heavy atom. The zero-order chi connectivity index (χ0) is 32.7. The van der Waals surface area contributed by atoms with Crippen LogP contribution in [0.25, 0.3) is 64.3 Å². The maximum absolute atomic E-state index is 11.0. The fourth-order valence-corrected chi connectivity index (χ4v) is 8.16. The monoisotopic (exact) mass is 645 g/mol. The minimum Gasteiger partial charge on any atom is -0.507 e. The van der Waals surface area contributed by atoms with Crippen LogP contribution in [0.15, 0.2) is 182 Å². The van der Waals surface area contributed by atoms with Gasteiger partial charge in [0.15, 0.2) is 0 Å². The number of phenols is 1. The third-order valence-corrected chi connectivity index (χ3v) is 10.5. The molecule has 0 bridgehead atoms. The van der Waals surface area contributed by atoms with Crippen molar-refractivity contribution in [3.05, 3.63) is 182 Å². The molecule has 3 heteroatoms. The Labute approximate surface area is 289 Å². The molecule has 0 fully saturated rings. The van der Waals surface area contributed by atoms with E-state index in [0.717, 1.165) is 39.3 Å². The van der Waals surface area contributed by atoms with Crippen LogP contribution in [0.3, 0.4) is 0 Å². The summed E-state index contributed by atoms with van der Waals surface area (Å²) < 4.78 is 2.58. The summed E-state index contributed by atoms with van der Waals surface area (Å²) in [5, 5.41) is 16.0. The number of benzene rings is 8. The Bertz CT molecular complexity index is 2640. The maximum atomic E-state index is 11.0. The SMILES string of the molecule is Oc1ccccc1-c1ccccc1N(c1ccc(-c2ccc3ccccc3c2)cc1)c1cccc(-c2cccc3sc4ccccc4c23)c1. The fourth-order valence-electron chi connectivity index (χ4n) is 7.02. The van der Waals surface area contributed by atoms with E-state index in [4.69, 9.17) is 0 Å². The second-order valence-electron chi connectivity index (χ2n) is 12.3. The second-order valence-corrected chi connectivity index (χ2v) is 13.4. The number of hydrogen-bond acceptors (Lipinski definition) is 3. The van der Waals surface area contributed by atoms with Crippen molar-refractivity contribution in [3.63, 3.8) is 0 Å². The van der Waals surface area contributed by atoms with Crippen molar-refractivity contribution in [1.29, 1.82) is 0 Å². The Balaban J connectivity index is 1.21. The zero-order valence-electron chi connectivity index (χ0n) is 26.6. The van der Waals surface area contributed by atoms with Crippen molar-refractivity contribution >= 4 is 59.3 Å². The summed E-state index contributed by atoms with van der Waals surface area (Å²) in [6.07, 6.45) is 0. The molecule has 1 N–H and O–H groups in total.